The van der Waals surface area contributed by atoms with Gasteiger partial charge in [-0.2, -0.15) is 31.4 Å². The van der Waals surface area contributed by atoms with E-state index in [1.807, 2.05) is 44.3 Å². The highest BCUT2D eigenvalue weighted by atomic mass is 19.4. The number of hydrogen-bond acceptors (Lipinski definition) is 8. The molecule has 18 heteroatoms. The van der Waals surface area contributed by atoms with Crippen LogP contribution < -0.4 is 15.8 Å². The van der Waals surface area contributed by atoms with E-state index in [4.69, 9.17) is 19.8 Å². The van der Waals surface area contributed by atoms with Gasteiger partial charge in [-0.05, 0) is 52.0 Å². The van der Waals surface area contributed by atoms with Gasteiger partial charge < -0.3 is 25.4 Å². The number of carboxylic acid groups (broad SMARTS) is 2. The molecule has 0 unspecified atom stereocenters. The van der Waals surface area contributed by atoms with Crippen LogP contribution in [-0.4, -0.2) is 84.2 Å². The molecule has 4 N–H and O–H groups in total. The van der Waals surface area contributed by atoms with Crippen molar-refractivity contribution in [2.75, 3.05) is 24.5 Å². The molecule has 44 heavy (non-hydrogen) atoms. The molecule has 0 aliphatic carbocycles. The summed E-state index contributed by atoms with van der Waals surface area (Å²) in [5.41, 5.74) is 4.88. The Labute approximate surface area is 244 Å². The number of piperazine rings is 1. The minimum absolute atomic E-state index is 0.0379. The SMILES string of the molecule is Cc1cn2nc(-c3nc4ccc(N5CCNC(C)(C)C5)cc4c(=O)[nH]3)cc2c(C)n1.O=C(O)C(F)(F)F.O=C(O)C(F)(F)F. The fourth-order valence-corrected chi connectivity index (χ4v) is 4.21. The molecule has 1 saturated heterocycles. The van der Waals surface area contributed by atoms with Crippen molar-refractivity contribution in [1.82, 2.24) is 29.9 Å². The number of anilines is 1. The van der Waals surface area contributed by atoms with Crippen LogP contribution in [0.4, 0.5) is 32.0 Å². The van der Waals surface area contributed by atoms with Gasteiger partial charge in [0.25, 0.3) is 5.56 Å². The maximum Gasteiger partial charge on any atom is 0.490 e. The van der Waals surface area contributed by atoms with Crippen molar-refractivity contribution < 1.29 is 46.1 Å². The molecule has 238 valence electrons. The average molecular weight is 632 g/mol. The van der Waals surface area contributed by atoms with Crippen LogP contribution in [0.3, 0.4) is 0 Å². The number of aryl methyl sites for hydroxylation is 2. The molecule has 1 aromatic carbocycles. The number of aromatic amines is 1. The summed E-state index contributed by atoms with van der Waals surface area (Å²) < 4.78 is 65.3. The molecule has 5 rings (SSSR count). The number of benzene rings is 1. The number of rotatable bonds is 2. The zero-order valence-electron chi connectivity index (χ0n) is 23.6. The number of aliphatic carboxylic acids is 2. The van der Waals surface area contributed by atoms with E-state index >= 15 is 0 Å². The molecule has 0 saturated carbocycles. The van der Waals surface area contributed by atoms with Gasteiger partial charge in [0.2, 0.25) is 0 Å². The van der Waals surface area contributed by atoms with E-state index in [2.05, 4.69) is 44.1 Å². The van der Waals surface area contributed by atoms with E-state index in [-0.39, 0.29) is 11.1 Å². The Balaban J connectivity index is 0.000000317. The van der Waals surface area contributed by atoms with Gasteiger partial charge in [-0.3, -0.25) is 9.78 Å². The zero-order chi connectivity index (χ0) is 33.2. The number of alkyl halides is 6. The smallest absolute Gasteiger partial charge is 0.475 e. The number of hydrogen-bond donors (Lipinski definition) is 4. The van der Waals surface area contributed by atoms with Gasteiger partial charge in [-0.1, -0.05) is 0 Å². The monoisotopic (exact) mass is 631 g/mol. The molecular weight excluding hydrogens is 604 g/mol. The van der Waals surface area contributed by atoms with Crippen LogP contribution in [0, 0.1) is 13.8 Å². The topological polar surface area (TPSA) is 166 Å². The van der Waals surface area contributed by atoms with Crippen LogP contribution in [-0.2, 0) is 9.59 Å². The third-order valence-electron chi connectivity index (χ3n) is 6.11. The molecule has 0 bridgehead atoms. The zero-order valence-corrected chi connectivity index (χ0v) is 23.6. The number of carboxylic acids is 2. The quantitative estimate of drug-likeness (QED) is 0.240. The van der Waals surface area contributed by atoms with Gasteiger partial charge in [-0.15, -0.1) is 0 Å². The molecule has 0 amide bonds. The molecule has 12 nitrogen and oxygen atoms in total. The molecule has 1 fully saturated rings. The summed E-state index contributed by atoms with van der Waals surface area (Å²) in [6.45, 7) is 11.0. The number of H-pyrrole nitrogens is 1. The van der Waals surface area contributed by atoms with E-state index < -0.39 is 24.3 Å². The van der Waals surface area contributed by atoms with Gasteiger partial charge >= 0.3 is 24.3 Å². The second-order valence-corrected chi connectivity index (χ2v) is 10.3. The van der Waals surface area contributed by atoms with E-state index in [1.54, 1.807) is 4.52 Å². The Morgan fingerprint density at radius 3 is 2.11 bits per heavy atom. The Morgan fingerprint density at radius 2 is 1.57 bits per heavy atom. The number of nitrogens with one attached hydrogen (secondary N) is 2. The fourth-order valence-electron chi connectivity index (χ4n) is 4.21. The lowest BCUT2D eigenvalue weighted by atomic mass is 10.0. The van der Waals surface area contributed by atoms with Gasteiger partial charge in [0, 0.05) is 30.9 Å². The third kappa shape index (κ3) is 8.42. The summed E-state index contributed by atoms with van der Waals surface area (Å²) in [5.74, 6) is -5.05. The van der Waals surface area contributed by atoms with Gasteiger partial charge in [0.1, 0.15) is 5.69 Å². The van der Waals surface area contributed by atoms with Crippen LogP contribution >= 0.6 is 0 Å². The standard InChI is InChI=1S/C22H25N7O.2C2HF3O2/c1-13-11-29-19(14(2)24-13)10-18(27-29)20-25-17-6-5-15(9-16(17)21(30)26-20)28-8-7-23-22(3,4)12-28;2*3-2(4,5)1(6)7/h5-6,9-11,23H,7-8,12H2,1-4H3,(H,25,26,30);2*(H,6,7). The first-order chi connectivity index (χ1) is 20.2. The first kappa shape index (κ1) is 33.8. The number of fused-ring (bicyclic) bond motifs is 2. The first-order valence-electron chi connectivity index (χ1n) is 12.7. The fraction of sp³-hybridized carbons (Fsp3) is 0.385. The molecule has 0 radical (unpaired) electrons. The van der Waals surface area contributed by atoms with Crippen molar-refractivity contribution in [2.45, 2.75) is 45.6 Å². The van der Waals surface area contributed by atoms with Crippen molar-refractivity contribution in [3.8, 4) is 11.5 Å². The van der Waals surface area contributed by atoms with Crippen molar-refractivity contribution in [3.63, 3.8) is 0 Å². The van der Waals surface area contributed by atoms with Crippen molar-refractivity contribution in [1.29, 1.82) is 0 Å². The molecule has 1 aliphatic heterocycles. The summed E-state index contributed by atoms with van der Waals surface area (Å²) in [5, 5.41) is 22.9. The third-order valence-corrected chi connectivity index (χ3v) is 6.11. The molecule has 3 aromatic heterocycles. The summed E-state index contributed by atoms with van der Waals surface area (Å²) in [6, 6.07) is 7.81. The number of nitrogens with zero attached hydrogens (tertiary/aromatic N) is 5. The molecular formula is C26H27F6N7O5. The number of carbonyl (C=O) groups is 2. The number of aromatic nitrogens is 5. The minimum Gasteiger partial charge on any atom is -0.475 e. The van der Waals surface area contributed by atoms with E-state index in [0.29, 0.717) is 22.4 Å². The predicted octanol–water partition coefficient (Wildman–Crippen LogP) is 3.70. The van der Waals surface area contributed by atoms with Gasteiger partial charge in [-0.25, -0.2) is 19.1 Å². The summed E-state index contributed by atoms with van der Waals surface area (Å²) in [6.07, 6.45) is -8.30. The van der Waals surface area contributed by atoms with Crippen LogP contribution in [0.2, 0.25) is 0 Å². The molecule has 0 atom stereocenters. The lowest BCUT2D eigenvalue weighted by molar-refractivity contribution is -0.193. The Hall–Kier alpha value is -4.74. The Bertz CT molecular complexity index is 1720. The summed E-state index contributed by atoms with van der Waals surface area (Å²) in [4.78, 5) is 45.1. The van der Waals surface area contributed by atoms with Crippen LogP contribution in [0.15, 0.2) is 35.3 Å². The Kier molecular flexibility index (Phi) is 9.57. The van der Waals surface area contributed by atoms with E-state index in [0.717, 1.165) is 42.2 Å². The van der Waals surface area contributed by atoms with Crippen LogP contribution in [0.25, 0.3) is 27.9 Å². The highest BCUT2D eigenvalue weighted by Gasteiger charge is 2.39. The molecule has 4 aromatic rings. The van der Waals surface area contributed by atoms with E-state index in [9.17, 15) is 31.1 Å². The second-order valence-electron chi connectivity index (χ2n) is 10.3. The van der Waals surface area contributed by atoms with Crippen molar-refractivity contribution in [2.24, 2.45) is 0 Å². The maximum absolute atomic E-state index is 12.9. The highest BCUT2D eigenvalue weighted by Crippen LogP contribution is 2.24. The largest absolute Gasteiger partial charge is 0.490 e. The van der Waals surface area contributed by atoms with E-state index in [1.165, 1.54) is 0 Å². The normalized spacial score (nSPS) is 14.8. The second kappa shape index (κ2) is 12.5. The van der Waals surface area contributed by atoms with Crippen LogP contribution in [0.5, 0.6) is 0 Å². The molecule has 0 spiro atoms. The molecule has 4 heterocycles. The predicted molar refractivity (Wildman–Crippen MR) is 145 cm³/mol. The van der Waals surface area contributed by atoms with Crippen molar-refractivity contribution >= 4 is 34.0 Å². The molecule has 1 aliphatic rings. The lowest BCUT2D eigenvalue weighted by Crippen LogP contribution is -2.57. The maximum atomic E-state index is 12.9. The Morgan fingerprint density at radius 1 is 0.977 bits per heavy atom. The van der Waals surface area contributed by atoms with Gasteiger partial charge in [0.05, 0.1) is 34.0 Å². The first-order valence-corrected chi connectivity index (χ1v) is 12.7. The highest BCUT2D eigenvalue weighted by molar-refractivity contribution is 5.83. The average Bonchev–Trinajstić information content (AvgIpc) is 3.32. The van der Waals surface area contributed by atoms with Crippen molar-refractivity contribution in [3.05, 3.63) is 52.2 Å². The number of halogens is 6. The lowest BCUT2D eigenvalue weighted by Gasteiger charge is -2.40. The summed E-state index contributed by atoms with van der Waals surface area (Å²) in [7, 11) is 0. The van der Waals surface area contributed by atoms with Gasteiger partial charge in [0.15, 0.2) is 5.82 Å². The van der Waals surface area contributed by atoms with Crippen LogP contribution in [0.1, 0.15) is 25.2 Å². The summed E-state index contributed by atoms with van der Waals surface area (Å²) >= 11 is 0. The minimum atomic E-state index is -5.08.